The fraction of sp³-hybridized carbons (Fsp3) is 0.300. The highest BCUT2D eigenvalue weighted by molar-refractivity contribution is 5.67. The van der Waals surface area contributed by atoms with Gasteiger partial charge in [0.05, 0.1) is 18.1 Å². The van der Waals surface area contributed by atoms with Crippen molar-refractivity contribution in [1.82, 2.24) is 0 Å². The lowest BCUT2D eigenvalue weighted by atomic mass is 10.1. The third kappa shape index (κ3) is 2.90. The number of nitrogens with zero attached hydrogens (tertiary/aromatic N) is 1. The first-order valence-corrected chi connectivity index (χ1v) is 4.72. The lowest BCUT2D eigenvalue weighted by Crippen LogP contribution is -2.11. The minimum absolute atomic E-state index is 0.224. The number of ether oxygens (including phenoxy) is 2. The molecule has 0 aliphatic rings. The Balaban J connectivity index is 3.31. The summed E-state index contributed by atoms with van der Waals surface area (Å²) in [5.74, 6) is -1.04. The zero-order valence-electron chi connectivity index (χ0n) is 9.23. The highest BCUT2D eigenvalue weighted by atomic mass is 19.1. The average molecular weight is 243 g/mol. The van der Waals surface area contributed by atoms with Gasteiger partial charge in [0.25, 0.3) is 0 Å². The van der Waals surface area contributed by atoms with Gasteiger partial charge < -0.3 is 9.47 Å². The number of rotatable bonds is 3. The molecule has 0 saturated carbocycles. The van der Waals surface area contributed by atoms with Crippen molar-refractivity contribution in [2.75, 3.05) is 7.11 Å². The number of nitro groups is 1. The van der Waals surface area contributed by atoms with Crippen LogP contribution in [0.3, 0.4) is 0 Å². The van der Waals surface area contributed by atoms with Crippen LogP contribution in [0.5, 0.6) is 5.75 Å². The molecule has 1 aromatic carbocycles. The van der Waals surface area contributed by atoms with E-state index in [1.165, 1.54) is 0 Å². The molecule has 0 aliphatic heterocycles. The molecule has 17 heavy (non-hydrogen) atoms. The van der Waals surface area contributed by atoms with Crippen LogP contribution < -0.4 is 4.74 Å². The Bertz CT molecular complexity index is 460. The predicted molar refractivity (Wildman–Crippen MR) is 55.5 cm³/mol. The number of benzene rings is 1. The molecule has 0 aromatic heterocycles. The Morgan fingerprint density at radius 2 is 2.18 bits per heavy atom. The number of methoxy groups -OCH3 is 1. The number of carbonyl (C=O) groups excluding carboxylic acids is 1. The molecule has 1 rings (SSSR count). The van der Waals surface area contributed by atoms with Crippen LogP contribution in [0, 0.1) is 15.9 Å². The molecule has 0 spiro atoms. The lowest BCUT2D eigenvalue weighted by molar-refractivity contribution is -0.385. The van der Waals surface area contributed by atoms with Crippen LogP contribution >= 0.6 is 0 Å². The van der Waals surface area contributed by atoms with Crippen LogP contribution in [0.25, 0.3) is 0 Å². The van der Waals surface area contributed by atoms with Crippen molar-refractivity contribution in [3.05, 3.63) is 33.6 Å². The summed E-state index contributed by atoms with van der Waals surface area (Å²) < 4.78 is 22.0. The quantitative estimate of drug-likeness (QED) is 0.352. The number of halogens is 1. The van der Waals surface area contributed by atoms with E-state index < -0.39 is 22.6 Å². The van der Waals surface area contributed by atoms with Gasteiger partial charge in [-0.2, -0.15) is 0 Å². The van der Waals surface area contributed by atoms with Crippen LogP contribution in [0.1, 0.15) is 12.5 Å². The van der Waals surface area contributed by atoms with Crippen LogP contribution in [0.4, 0.5) is 14.9 Å². The fourth-order valence-corrected chi connectivity index (χ4v) is 1.28. The first-order valence-electron chi connectivity index (χ1n) is 4.72. The molecule has 0 saturated heterocycles. The third-order valence-electron chi connectivity index (χ3n) is 2.04. The highest BCUT2D eigenvalue weighted by Gasteiger charge is 2.23. The summed E-state index contributed by atoms with van der Waals surface area (Å²) in [6, 6.07) is 1.77. The van der Waals surface area contributed by atoms with E-state index in [-0.39, 0.29) is 17.7 Å². The molecular weight excluding hydrogens is 233 g/mol. The number of nitro benzene ring substituents is 1. The van der Waals surface area contributed by atoms with E-state index in [1.54, 1.807) is 6.92 Å². The summed E-state index contributed by atoms with van der Waals surface area (Å²) in [6.45, 7) is 1.66. The van der Waals surface area contributed by atoms with Gasteiger partial charge in [-0.3, -0.25) is 10.1 Å². The standard InChI is InChI=1S/C10H10FNO5/c1-3-6-4-7(11)5-8(12(14)15)9(6)17-10(13)16-2/h4-5H,3H2,1-2H3. The highest BCUT2D eigenvalue weighted by Crippen LogP contribution is 2.32. The van der Waals surface area contributed by atoms with Crippen molar-refractivity contribution in [2.45, 2.75) is 13.3 Å². The Kier molecular flexibility index (Phi) is 3.97. The van der Waals surface area contributed by atoms with Crippen molar-refractivity contribution < 1.29 is 23.6 Å². The largest absolute Gasteiger partial charge is 0.513 e. The lowest BCUT2D eigenvalue weighted by Gasteiger charge is -2.08. The summed E-state index contributed by atoms with van der Waals surface area (Å²) in [5, 5.41) is 10.7. The molecule has 0 bridgehead atoms. The van der Waals surface area contributed by atoms with Crippen molar-refractivity contribution >= 4 is 11.8 Å². The molecule has 1 aromatic rings. The van der Waals surface area contributed by atoms with E-state index in [2.05, 4.69) is 9.47 Å². The van der Waals surface area contributed by atoms with E-state index >= 15 is 0 Å². The third-order valence-corrected chi connectivity index (χ3v) is 2.04. The maximum atomic E-state index is 13.1. The van der Waals surface area contributed by atoms with E-state index in [0.29, 0.717) is 6.07 Å². The molecule has 0 atom stereocenters. The van der Waals surface area contributed by atoms with Crippen LogP contribution in [0.2, 0.25) is 0 Å². The minimum Gasteiger partial charge on any atom is -0.437 e. The van der Waals surface area contributed by atoms with Crippen LogP contribution in [-0.4, -0.2) is 18.2 Å². The number of carbonyl (C=O) groups is 1. The molecule has 0 amide bonds. The number of hydrogen-bond donors (Lipinski definition) is 0. The second kappa shape index (κ2) is 5.24. The molecule has 0 heterocycles. The minimum atomic E-state index is -1.09. The van der Waals surface area contributed by atoms with Crippen molar-refractivity contribution in [1.29, 1.82) is 0 Å². The van der Waals surface area contributed by atoms with Gasteiger partial charge in [-0.25, -0.2) is 9.18 Å². The average Bonchev–Trinajstić information content (AvgIpc) is 2.30. The van der Waals surface area contributed by atoms with Gasteiger partial charge in [0, 0.05) is 5.56 Å². The maximum Gasteiger partial charge on any atom is 0.513 e. The zero-order chi connectivity index (χ0) is 13.0. The summed E-state index contributed by atoms with van der Waals surface area (Å²) in [5.41, 5.74) is -0.380. The van der Waals surface area contributed by atoms with Crippen molar-refractivity contribution in [2.24, 2.45) is 0 Å². The number of hydrogen-bond acceptors (Lipinski definition) is 5. The van der Waals surface area contributed by atoms with Crippen molar-refractivity contribution in [3.8, 4) is 5.75 Å². The second-order valence-electron chi connectivity index (χ2n) is 3.08. The van der Waals surface area contributed by atoms with E-state index in [4.69, 9.17) is 0 Å². The SMILES string of the molecule is CCc1cc(F)cc([N+](=O)[O-])c1OC(=O)OC. The Morgan fingerprint density at radius 3 is 2.65 bits per heavy atom. The molecule has 0 unspecified atom stereocenters. The first-order chi connectivity index (χ1) is 7.99. The fourth-order valence-electron chi connectivity index (χ4n) is 1.28. The molecular formula is C10H10FNO5. The Morgan fingerprint density at radius 1 is 1.53 bits per heavy atom. The van der Waals surface area contributed by atoms with Gasteiger partial charge in [-0.15, -0.1) is 0 Å². The van der Waals surface area contributed by atoms with Gasteiger partial charge in [0.15, 0.2) is 0 Å². The van der Waals surface area contributed by atoms with Gasteiger partial charge in [-0.1, -0.05) is 6.92 Å². The molecule has 0 fully saturated rings. The molecule has 7 heteroatoms. The van der Waals surface area contributed by atoms with Gasteiger partial charge in [0.2, 0.25) is 5.75 Å². The molecule has 0 aliphatic carbocycles. The molecule has 0 radical (unpaired) electrons. The summed E-state index contributed by atoms with van der Waals surface area (Å²) in [6.07, 6.45) is -0.806. The molecule has 6 nitrogen and oxygen atoms in total. The van der Waals surface area contributed by atoms with Gasteiger partial charge in [-0.05, 0) is 12.5 Å². The van der Waals surface area contributed by atoms with E-state index in [9.17, 15) is 19.3 Å². The topological polar surface area (TPSA) is 78.7 Å². The molecule has 0 N–H and O–H groups in total. The zero-order valence-corrected chi connectivity index (χ0v) is 9.23. The number of aryl methyl sites for hydroxylation is 1. The molecule has 92 valence electrons. The van der Waals surface area contributed by atoms with Crippen LogP contribution in [-0.2, 0) is 11.2 Å². The monoisotopic (exact) mass is 243 g/mol. The summed E-state index contributed by atoms with van der Waals surface area (Å²) >= 11 is 0. The Hall–Kier alpha value is -2.18. The summed E-state index contributed by atoms with van der Waals surface area (Å²) in [4.78, 5) is 20.8. The predicted octanol–water partition coefficient (Wildman–Crippen LogP) is 2.44. The first kappa shape index (κ1) is 12.9. The smallest absolute Gasteiger partial charge is 0.437 e. The Labute approximate surface area is 96.1 Å². The van der Waals surface area contributed by atoms with E-state index in [1.807, 2.05) is 0 Å². The van der Waals surface area contributed by atoms with Gasteiger partial charge in [0.1, 0.15) is 5.82 Å². The maximum absolute atomic E-state index is 13.1. The summed E-state index contributed by atoms with van der Waals surface area (Å²) in [7, 11) is 1.07. The van der Waals surface area contributed by atoms with Crippen LogP contribution in [0.15, 0.2) is 12.1 Å². The normalized spacial score (nSPS) is 9.82. The van der Waals surface area contributed by atoms with E-state index in [0.717, 1.165) is 13.2 Å². The van der Waals surface area contributed by atoms with Crippen molar-refractivity contribution in [3.63, 3.8) is 0 Å². The second-order valence-corrected chi connectivity index (χ2v) is 3.08. The van der Waals surface area contributed by atoms with Gasteiger partial charge >= 0.3 is 11.8 Å².